The summed E-state index contributed by atoms with van der Waals surface area (Å²) in [5.41, 5.74) is 1.11. The predicted molar refractivity (Wildman–Crippen MR) is 93.0 cm³/mol. The number of aryl methyl sites for hydroxylation is 1. The second kappa shape index (κ2) is 6.08. The summed E-state index contributed by atoms with van der Waals surface area (Å²) in [4.78, 5) is 26.8. The zero-order valence-electron chi connectivity index (χ0n) is 13.8. The third kappa shape index (κ3) is 2.67. The van der Waals surface area contributed by atoms with E-state index in [1.54, 1.807) is 23.2 Å². The van der Waals surface area contributed by atoms with Crippen LogP contribution in [0.25, 0.3) is 5.65 Å². The van der Waals surface area contributed by atoms with Crippen LogP contribution in [0.15, 0.2) is 53.5 Å². The first kappa shape index (κ1) is 15.4. The first-order chi connectivity index (χ1) is 12.1. The van der Waals surface area contributed by atoms with Crippen molar-refractivity contribution in [3.63, 3.8) is 0 Å². The van der Waals surface area contributed by atoms with E-state index in [9.17, 15) is 9.59 Å². The number of hydrogen-bond donors (Lipinski definition) is 0. The van der Waals surface area contributed by atoms with Crippen LogP contribution >= 0.6 is 0 Å². The van der Waals surface area contributed by atoms with Gasteiger partial charge in [-0.1, -0.05) is 18.2 Å². The molecule has 1 aliphatic rings. The van der Waals surface area contributed by atoms with Crippen LogP contribution in [-0.2, 0) is 11.3 Å². The molecule has 1 atom stereocenters. The average Bonchev–Trinajstić information content (AvgIpc) is 2.96. The van der Waals surface area contributed by atoms with Gasteiger partial charge in [-0.25, -0.2) is 9.48 Å². The molecule has 0 radical (unpaired) electrons. The first-order valence-electron chi connectivity index (χ1n) is 8.23. The smallest absolute Gasteiger partial charge is 0.350 e. The minimum atomic E-state index is -0.237. The van der Waals surface area contributed by atoms with E-state index < -0.39 is 0 Å². The number of amides is 1. The molecule has 0 saturated heterocycles. The Kier molecular flexibility index (Phi) is 3.76. The fourth-order valence-corrected chi connectivity index (χ4v) is 3.12. The second-order valence-electron chi connectivity index (χ2n) is 6.08. The van der Waals surface area contributed by atoms with E-state index in [-0.39, 0.29) is 30.6 Å². The molecule has 0 fully saturated rings. The molecule has 1 aliphatic heterocycles. The lowest BCUT2D eigenvalue weighted by molar-refractivity contribution is -0.119. The minimum Gasteiger partial charge on any atom is -0.489 e. The van der Waals surface area contributed by atoms with E-state index in [1.165, 1.54) is 9.08 Å². The second-order valence-corrected chi connectivity index (χ2v) is 6.08. The largest absolute Gasteiger partial charge is 0.489 e. The molecule has 2 aromatic heterocycles. The Morgan fingerprint density at radius 3 is 2.88 bits per heavy atom. The Bertz CT molecular complexity index is 991. The van der Waals surface area contributed by atoms with Gasteiger partial charge in [0.05, 0.1) is 18.3 Å². The maximum atomic E-state index is 12.8. The van der Waals surface area contributed by atoms with Crippen molar-refractivity contribution in [1.29, 1.82) is 0 Å². The molecule has 0 saturated carbocycles. The number of hydrogen-bond acceptors (Lipinski definition) is 4. The van der Waals surface area contributed by atoms with E-state index in [0.29, 0.717) is 18.0 Å². The van der Waals surface area contributed by atoms with Gasteiger partial charge in [0.1, 0.15) is 12.4 Å². The molecule has 128 valence electrons. The van der Waals surface area contributed by atoms with Crippen LogP contribution < -0.4 is 15.3 Å². The number of carbonyl (C=O) groups excluding carboxylic acids is 1. The molecule has 0 N–H and O–H groups in total. The number of ether oxygens (including phenoxy) is 1. The summed E-state index contributed by atoms with van der Waals surface area (Å²) in [6.45, 7) is 2.65. The fourth-order valence-electron chi connectivity index (χ4n) is 3.12. The van der Waals surface area contributed by atoms with Gasteiger partial charge in [0, 0.05) is 12.6 Å². The Morgan fingerprint density at radius 2 is 2.04 bits per heavy atom. The summed E-state index contributed by atoms with van der Waals surface area (Å²) >= 11 is 0. The van der Waals surface area contributed by atoms with Gasteiger partial charge < -0.3 is 9.64 Å². The highest BCUT2D eigenvalue weighted by Gasteiger charge is 2.29. The van der Waals surface area contributed by atoms with Gasteiger partial charge >= 0.3 is 5.69 Å². The SMILES string of the molecule is C[C@@H]1COc2ccccc2N1C(=O)CCn1nc2ccccn2c1=O. The van der Waals surface area contributed by atoms with Crippen LogP contribution in [0.1, 0.15) is 13.3 Å². The van der Waals surface area contributed by atoms with Gasteiger partial charge in [0.25, 0.3) is 0 Å². The maximum Gasteiger partial charge on any atom is 0.350 e. The highest BCUT2D eigenvalue weighted by atomic mass is 16.5. The molecule has 1 aromatic carbocycles. The summed E-state index contributed by atoms with van der Waals surface area (Å²) in [5.74, 6) is 0.658. The van der Waals surface area contributed by atoms with Gasteiger partial charge in [0.15, 0.2) is 5.65 Å². The van der Waals surface area contributed by atoms with Crippen LogP contribution in [0.4, 0.5) is 5.69 Å². The van der Waals surface area contributed by atoms with E-state index >= 15 is 0 Å². The lowest BCUT2D eigenvalue weighted by atomic mass is 10.1. The van der Waals surface area contributed by atoms with Crippen molar-refractivity contribution in [2.75, 3.05) is 11.5 Å². The quantitative estimate of drug-likeness (QED) is 0.729. The number of nitrogens with zero attached hydrogens (tertiary/aromatic N) is 4. The number of benzene rings is 1. The molecule has 0 bridgehead atoms. The van der Waals surface area contributed by atoms with Gasteiger partial charge in [-0.3, -0.25) is 9.20 Å². The topological polar surface area (TPSA) is 68.8 Å². The number of pyridine rings is 1. The Hall–Kier alpha value is -3.09. The van der Waals surface area contributed by atoms with Crippen LogP contribution in [0, 0.1) is 0 Å². The molecule has 4 rings (SSSR count). The van der Waals surface area contributed by atoms with E-state index in [0.717, 1.165) is 5.69 Å². The van der Waals surface area contributed by atoms with Crippen LogP contribution in [0.3, 0.4) is 0 Å². The van der Waals surface area contributed by atoms with E-state index in [4.69, 9.17) is 4.74 Å². The molecule has 0 aliphatic carbocycles. The van der Waals surface area contributed by atoms with Crippen molar-refractivity contribution in [2.24, 2.45) is 0 Å². The number of anilines is 1. The van der Waals surface area contributed by atoms with Crippen LogP contribution in [0.2, 0.25) is 0 Å². The molecule has 25 heavy (non-hydrogen) atoms. The Labute approximate surface area is 144 Å². The van der Waals surface area contributed by atoms with Crippen LogP contribution in [-0.4, -0.2) is 32.7 Å². The highest BCUT2D eigenvalue weighted by Crippen LogP contribution is 2.33. The molecule has 1 amide bonds. The molecule has 7 nitrogen and oxygen atoms in total. The predicted octanol–water partition coefficient (Wildman–Crippen LogP) is 1.70. The summed E-state index contributed by atoms with van der Waals surface area (Å²) in [5, 5.41) is 4.26. The number of para-hydroxylation sites is 2. The minimum absolute atomic E-state index is 0.0489. The van der Waals surface area contributed by atoms with Crippen molar-refractivity contribution < 1.29 is 9.53 Å². The van der Waals surface area contributed by atoms with Crippen LogP contribution in [0.5, 0.6) is 5.75 Å². The fraction of sp³-hybridized carbons (Fsp3) is 0.278. The first-order valence-corrected chi connectivity index (χ1v) is 8.23. The molecular weight excluding hydrogens is 320 g/mol. The van der Waals surface area contributed by atoms with E-state index in [1.807, 2.05) is 37.3 Å². The summed E-state index contributed by atoms with van der Waals surface area (Å²) < 4.78 is 8.48. The molecule has 3 aromatic rings. The molecule has 0 unspecified atom stereocenters. The third-order valence-electron chi connectivity index (χ3n) is 4.34. The molecular formula is C18H18N4O3. The van der Waals surface area contributed by atoms with Gasteiger partial charge in [0.2, 0.25) is 5.91 Å². The lowest BCUT2D eigenvalue weighted by Gasteiger charge is -2.35. The van der Waals surface area contributed by atoms with Crippen molar-refractivity contribution in [3.8, 4) is 5.75 Å². The lowest BCUT2D eigenvalue weighted by Crippen LogP contribution is -2.45. The summed E-state index contributed by atoms with van der Waals surface area (Å²) in [6, 6.07) is 12.8. The summed E-state index contributed by atoms with van der Waals surface area (Å²) in [7, 11) is 0. The van der Waals surface area contributed by atoms with E-state index in [2.05, 4.69) is 5.10 Å². The third-order valence-corrected chi connectivity index (χ3v) is 4.34. The molecule has 0 spiro atoms. The monoisotopic (exact) mass is 338 g/mol. The zero-order chi connectivity index (χ0) is 17.4. The molecule has 7 heteroatoms. The number of rotatable bonds is 3. The standard InChI is InChI=1S/C18H18N4O3/c1-13-12-25-15-7-3-2-6-14(15)22(13)17(23)9-11-21-18(24)20-10-5-4-8-16(20)19-21/h2-8,10,13H,9,11-12H2,1H3/t13-/m1/s1. The number of carbonyl (C=O) groups is 1. The normalized spacial score (nSPS) is 16.5. The maximum absolute atomic E-state index is 12.8. The average molecular weight is 338 g/mol. The number of aromatic nitrogens is 3. The highest BCUT2D eigenvalue weighted by molar-refractivity contribution is 5.95. The zero-order valence-corrected chi connectivity index (χ0v) is 13.8. The van der Waals surface area contributed by atoms with Crippen molar-refractivity contribution in [3.05, 3.63) is 59.1 Å². The van der Waals surface area contributed by atoms with Crippen molar-refractivity contribution in [2.45, 2.75) is 25.9 Å². The van der Waals surface area contributed by atoms with Gasteiger partial charge in [-0.05, 0) is 31.2 Å². The van der Waals surface area contributed by atoms with Crippen molar-refractivity contribution >= 4 is 17.2 Å². The Morgan fingerprint density at radius 1 is 1.24 bits per heavy atom. The Balaban J connectivity index is 1.56. The van der Waals surface area contributed by atoms with Crippen molar-refractivity contribution in [1.82, 2.24) is 14.2 Å². The summed E-state index contributed by atoms with van der Waals surface area (Å²) in [6.07, 6.45) is 1.87. The number of fused-ring (bicyclic) bond motifs is 2. The molecule has 3 heterocycles. The van der Waals surface area contributed by atoms with Gasteiger partial charge in [-0.2, -0.15) is 0 Å². The van der Waals surface area contributed by atoms with Gasteiger partial charge in [-0.15, -0.1) is 5.10 Å².